The van der Waals surface area contributed by atoms with E-state index in [1.54, 1.807) is 6.07 Å². The molecule has 0 bridgehead atoms. The molecule has 0 atom stereocenters. The first-order valence-electron chi connectivity index (χ1n) is 6.51. The molecule has 3 rings (SSSR count). The number of anilines is 1. The number of hydrogen-bond donors (Lipinski definition) is 2. The van der Waals surface area contributed by atoms with Gasteiger partial charge in [-0.25, -0.2) is 9.97 Å². The van der Waals surface area contributed by atoms with E-state index in [-0.39, 0.29) is 12.7 Å². The topological polar surface area (TPSA) is 85.4 Å². The maximum Gasteiger partial charge on any atom is 0.269 e. The van der Waals surface area contributed by atoms with E-state index in [1.807, 2.05) is 19.9 Å². The summed E-state index contributed by atoms with van der Waals surface area (Å²) in [7, 11) is 0. The van der Waals surface area contributed by atoms with Crippen LogP contribution in [0.15, 0.2) is 18.2 Å². The summed E-state index contributed by atoms with van der Waals surface area (Å²) in [4.78, 5) is 20.5. The summed E-state index contributed by atoms with van der Waals surface area (Å²) in [6, 6.07) is 4.91. The molecule has 22 heavy (non-hydrogen) atoms. The Morgan fingerprint density at radius 2 is 1.91 bits per heavy atom. The quantitative estimate of drug-likeness (QED) is 0.844. The Bertz CT molecular complexity index is 731. The number of nitrogens with zero attached hydrogens (tertiary/aromatic N) is 2. The maximum absolute atomic E-state index is 12.2. The van der Waals surface area contributed by atoms with E-state index >= 15 is 0 Å². The van der Waals surface area contributed by atoms with Gasteiger partial charge in [0.15, 0.2) is 11.5 Å². The van der Waals surface area contributed by atoms with Crippen LogP contribution in [0.25, 0.3) is 0 Å². The Kier molecular flexibility index (Phi) is 3.72. The van der Waals surface area contributed by atoms with Crippen LogP contribution in [0.5, 0.6) is 11.5 Å². The number of rotatable bonds is 3. The lowest BCUT2D eigenvalue weighted by atomic mass is 10.2. The van der Waals surface area contributed by atoms with Gasteiger partial charge in [-0.05, 0) is 32.0 Å². The molecule has 2 heterocycles. The summed E-state index contributed by atoms with van der Waals surface area (Å²) in [6.45, 7) is 3.79. The van der Waals surface area contributed by atoms with E-state index in [0.29, 0.717) is 28.0 Å². The third-order valence-electron chi connectivity index (χ3n) is 2.96. The highest BCUT2D eigenvalue weighted by atomic mass is 35.5. The number of hydrogen-bond acceptors (Lipinski definition) is 6. The zero-order valence-electron chi connectivity index (χ0n) is 11.9. The molecule has 0 radical (unpaired) electrons. The summed E-state index contributed by atoms with van der Waals surface area (Å²) in [5.41, 5.74) is 7.14. The monoisotopic (exact) mass is 320 g/mol. The zero-order valence-corrected chi connectivity index (χ0v) is 12.7. The van der Waals surface area contributed by atoms with Gasteiger partial charge in [-0.3, -0.25) is 15.6 Å². The van der Waals surface area contributed by atoms with Crippen molar-refractivity contribution in [2.45, 2.75) is 13.8 Å². The van der Waals surface area contributed by atoms with Crippen molar-refractivity contribution < 1.29 is 14.3 Å². The Hall–Kier alpha value is -2.54. The second-order valence-corrected chi connectivity index (χ2v) is 5.15. The van der Waals surface area contributed by atoms with Gasteiger partial charge >= 0.3 is 0 Å². The van der Waals surface area contributed by atoms with Gasteiger partial charge in [0.1, 0.15) is 0 Å². The van der Waals surface area contributed by atoms with Crippen LogP contribution in [0.4, 0.5) is 5.95 Å². The molecule has 0 saturated heterocycles. The first-order chi connectivity index (χ1) is 10.5. The largest absolute Gasteiger partial charge is 0.454 e. The normalized spacial score (nSPS) is 12.1. The smallest absolute Gasteiger partial charge is 0.269 e. The fourth-order valence-corrected chi connectivity index (χ4v) is 2.33. The molecule has 1 aliphatic heterocycles. The van der Waals surface area contributed by atoms with Crippen molar-refractivity contribution in [1.29, 1.82) is 0 Å². The van der Waals surface area contributed by atoms with Crippen LogP contribution in [0.2, 0.25) is 5.02 Å². The van der Waals surface area contributed by atoms with E-state index in [4.69, 9.17) is 21.1 Å². The standard InChI is InChI=1S/C14H13ClN4O3/c1-7-3-8(2)17-14(16-7)19-18-13(20)9-4-10(15)12-11(5-9)21-6-22-12/h3-5H,6H2,1-2H3,(H,18,20)(H,16,17,19). The minimum absolute atomic E-state index is 0.0920. The average molecular weight is 321 g/mol. The SMILES string of the molecule is Cc1cc(C)nc(NNC(=O)c2cc(Cl)c3c(c2)OCO3)n1. The summed E-state index contributed by atoms with van der Waals surface area (Å²) >= 11 is 6.05. The van der Waals surface area contributed by atoms with Crippen LogP contribution in [-0.4, -0.2) is 22.7 Å². The molecule has 0 spiro atoms. The fraction of sp³-hybridized carbons (Fsp3) is 0.214. The van der Waals surface area contributed by atoms with Gasteiger partial charge in [0, 0.05) is 17.0 Å². The van der Waals surface area contributed by atoms with Gasteiger partial charge in [0.05, 0.1) is 5.02 Å². The zero-order chi connectivity index (χ0) is 15.7. The number of fused-ring (bicyclic) bond motifs is 1. The van der Waals surface area contributed by atoms with Gasteiger partial charge in [0.25, 0.3) is 5.91 Å². The third kappa shape index (κ3) is 2.89. The predicted octanol–water partition coefficient (Wildman–Crippen LogP) is 2.23. The summed E-state index contributed by atoms with van der Waals surface area (Å²) in [5, 5.41) is 0.322. The van der Waals surface area contributed by atoms with E-state index in [1.165, 1.54) is 6.07 Å². The van der Waals surface area contributed by atoms with Gasteiger partial charge in [-0.2, -0.15) is 0 Å². The average Bonchev–Trinajstić information content (AvgIpc) is 2.92. The molecule has 8 heteroatoms. The Morgan fingerprint density at radius 3 is 2.64 bits per heavy atom. The lowest BCUT2D eigenvalue weighted by molar-refractivity contribution is 0.0961. The highest BCUT2D eigenvalue weighted by Gasteiger charge is 2.20. The number of nitrogens with one attached hydrogen (secondary N) is 2. The molecule has 1 aliphatic rings. The number of amides is 1. The first kappa shape index (κ1) is 14.4. The number of carbonyl (C=O) groups excluding carboxylic acids is 1. The Morgan fingerprint density at radius 1 is 1.18 bits per heavy atom. The van der Waals surface area contributed by atoms with Gasteiger partial charge in [-0.15, -0.1) is 0 Å². The van der Waals surface area contributed by atoms with Crippen LogP contribution < -0.4 is 20.3 Å². The number of hydrazine groups is 1. The second-order valence-electron chi connectivity index (χ2n) is 4.75. The van der Waals surface area contributed by atoms with Crippen molar-refractivity contribution in [3.8, 4) is 11.5 Å². The van der Waals surface area contributed by atoms with Crippen LogP contribution in [0.3, 0.4) is 0 Å². The molecule has 7 nitrogen and oxygen atoms in total. The van der Waals surface area contributed by atoms with Crippen molar-refractivity contribution in [1.82, 2.24) is 15.4 Å². The molecule has 0 aliphatic carbocycles. The highest BCUT2D eigenvalue weighted by Crippen LogP contribution is 2.39. The molecule has 1 amide bonds. The Balaban J connectivity index is 1.73. The maximum atomic E-state index is 12.2. The first-order valence-corrected chi connectivity index (χ1v) is 6.88. The number of aryl methyl sites for hydroxylation is 2. The van der Waals surface area contributed by atoms with E-state index < -0.39 is 0 Å². The third-order valence-corrected chi connectivity index (χ3v) is 3.24. The Labute approximate surface area is 131 Å². The summed E-state index contributed by atoms with van der Waals surface area (Å²) in [5.74, 6) is 0.824. The number of benzene rings is 1. The van der Waals surface area contributed by atoms with Gasteiger partial charge in [0.2, 0.25) is 12.7 Å². The van der Waals surface area contributed by atoms with E-state index in [2.05, 4.69) is 20.8 Å². The minimum atomic E-state index is -0.386. The molecule has 2 aromatic rings. The molecule has 2 N–H and O–H groups in total. The predicted molar refractivity (Wildman–Crippen MR) is 80.2 cm³/mol. The van der Waals surface area contributed by atoms with Crippen LogP contribution in [0.1, 0.15) is 21.7 Å². The number of ether oxygens (including phenoxy) is 2. The molecule has 0 fully saturated rings. The molecule has 1 aromatic heterocycles. The summed E-state index contributed by atoms with van der Waals surface area (Å²) in [6.07, 6.45) is 0. The fourth-order valence-electron chi connectivity index (χ4n) is 2.07. The number of carbonyl (C=O) groups is 1. The molecule has 0 unspecified atom stereocenters. The second kappa shape index (κ2) is 5.69. The van der Waals surface area contributed by atoms with E-state index in [0.717, 1.165) is 11.4 Å². The van der Waals surface area contributed by atoms with Crippen LogP contribution in [0, 0.1) is 13.8 Å². The molecule has 114 valence electrons. The van der Waals surface area contributed by atoms with Crippen molar-refractivity contribution >= 4 is 23.5 Å². The lowest BCUT2D eigenvalue weighted by Crippen LogP contribution is -2.30. The van der Waals surface area contributed by atoms with Crippen molar-refractivity contribution in [2.75, 3.05) is 12.2 Å². The van der Waals surface area contributed by atoms with Gasteiger partial charge in [-0.1, -0.05) is 11.6 Å². The van der Waals surface area contributed by atoms with Crippen LogP contribution in [-0.2, 0) is 0 Å². The van der Waals surface area contributed by atoms with Crippen molar-refractivity contribution in [2.24, 2.45) is 0 Å². The molecule has 1 aromatic carbocycles. The van der Waals surface area contributed by atoms with Gasteiger partial charge < -0.3 is 9.47 Å². The molecular weight excluding hydrogens is 308 g/mol. The molecule has 0 saturated carbocycles. The lowest BCUT2D eigenvalue weighted by Gasteiger charge is -2.09. The van der Waals surface area contributed by atoms with E-state index in [9.17, 15) is 4.79 Å². The van der Waals surface area contributed by atoms with Crippen molar-refractivity contribution in [3.63, 3.8) is 0 Å². The molecular formula is C14H13ClN4O3. The summed E-state index contributed by atoms with van der Waals surface area (Å²) < 4.78 is 10.4. The van der Waals surface area contributed by atoms with Crippen molar-refractivity contribution in [3.05, 3.63) is 40.2 Å². The highest BCUT2D eigenvalue weighted by molar-refractivity contribution is 6.32. The number of aromatic nitrogens is 2. The number of halogens is 1. The van der Waals surface area contributed by atoms with Crippen LogP contribution >= 0.6 is 11.6 Å². The minimum Gasteiger partial charge on any atom is -0.454 e.